The van der Waals surface area contributed by atoms with Crippen LogP contribution in [0.2, 0.25) is 0 Å². The Labute approximate surface area is 551 Å². The maximum Gasteiger partial charge on any atom is 0.410 e. The SMILES string of the molecule is CC[C@H](C)[C@@H]([C@@H](CC(=O)N1CCC[C@H]1[C@H](OC)[C@@H](C)C(=O)NCCc1c(F)cccc1F)OC)N(C)C(=O)[C@@H](NC(=O)[C@H](C(C)C)N(C)C(=O)OCc1ccc(NC(=O)[C@H](CCCNC(N)=O)NC(=O)[C@@H](NC(=O)CCCCCN2C(=O)C=CC2=O)C(C)C)cc1)C(C)C. The lowest BCUT2D eigenvalue weighted by atomic mass is 9.89. The Balaban J connectivity index is 1.37. The molecule has 0 bridgehead atoms. The predicted molar refractivity (Wildman–Crippen MR) is 347 cm³/mol. The normalized spacial score (nSPS) is 16.7. The third-order valence-electron chi connectivity index (χ3n) is 17.5. The molecule has 1 fully saturated rings. The van der Waals surface area contributed by atoms with Crippen LogP contribution in [-0.4, -0.2) is 188 Å². The van der Waals surface area contributed by atoms with Gasteiger partial charge in [0.05, 0.1) is 36.6 Å². The summed E-state index contributed by atoms with van der Waals surface area (Å²) >= 11 is 0. The van der Waals surface area contributed by atoms with Gasteiger partial charge in [0.15, 0.2) is 0 Å². The molecule has 0 unspecified atom stereocenters. The first-order valence-corrected chi connectivity index (χ1v) is 32.6. The molecular formula is C67H101F2N11O14. The monoisotopic (exact) mass is 1320 g/mol. The molecule has 4 rings (SSSR count). The topological polar surface area (TPSA) is 327 Å². The van der Waals surface area contributed by atoms with Crippen molar-refractivity contribution < 1.29 is 75.7 Å². The number of nitrogens with one attached hydrogen (secondary N) is 6. The van der Waals surface area contributed by atoms with Gasteiger partial charge in [-0.15, -0.1) is 0 Å². The van der Waals surface area contributed by atoms with Crippen LogP contribution < -0.4 is 37.6 Å². The summed E-state index contributed by atoms with van der Waals surface area (Å²) in [6.07, 6.45) is 3.55. The molecule has 8 N–H and O–H groups in total. The van der Waals surface area contributed by atoms with Crippen LogP contribution in [0, 0.1) is 41.2 Å². The molecule has 94 heavy (non-hydrogen) atoms. The summed E-state index contributed by atoms with van der Waals surface area (Å²) in [5.74, 6) is -7.72. The number of ether oxygens (including phenoxy) is 3. The molecule has 1 saturated heterocycles. The number of nitrogens with two attached hydrogens (primary N) is 1. The first-order chi connectivity index (χ1) is 44.5. The quantitative estimate of drug-likeness (QED) is 0.0324. The highest BCUT2D eigenvalue weighted by Crippen LogP contribution is 2.30. The number of imide groups is 1. The molecule has 10 atom stereocenters. The fourth-order valence-electron chi connectivity index (χ4n) is 11.9. The molecule has 2 aromatic rings. The molecule has 0 spiro atoms. The number of hydrogen-bond acceptors (Lipinski definition) is 14. The second kappa shape index (κ2) is 38.3. The van der Waals surface area contributed by atoms with Crippen molar-refractivity contribution in [2.75, 3.05) is 59.8 Å². The van der Waals surface area contributed by atoms with E-state index in [1.807, 2.05) is 13.8 Å². The van der Waals surface area contributed by atoms with Crippen LogP contribution in [0.3, 0.4) is 0 Å². The Morgan fingerprint density at radius 1 is 0.713 bits per heavy atom. The summed E-state index contributed by atoms with van der Waals surface area (Å²) < 4.78 is 46.2. The van der Waals surface area contributed by atoms with Crippen molar-refractivity contribution in [3.05, 3.63) is 77.4 Å². The van der Waals surface area contributed by atoms with Crippen LogP contribution in [0.25, 0.3) is 0 Å². The number of primary amides is 1. The van der Waals surface area contributed by atoms with Crippen molar-refractivity contribution in [3.8, 4) is 0 Å². The Hall–Kier alpha value is -8.07. The van der Waals surface area contributed by atoms with Gasteiger partial charge < -0.3 is 61.6 Å². The molecule has 2 heterocycles. The lowest BCUT2D eigenvalue weighted by Crippen LogP contribution is -2.60. The number of unbranched alkanes of at least 4 members (excludes halogenated alkanes) is 2. The van der Waals surface area contributed by atoms with E-state index in [0.29, 0.717) is 56.3 Å². The predicted octanol–water partition coefficient (Wildman–Crippen LogP) is 5.48. The summed E-state index contributed by atoms with van der Waals surface area (Å²) in [4.78, 5) is 152. The fourth-order valence-corrected chi connectivity index (χ4v) is 11.9. The van der Waals surface area contributed by atoms with Gasteiger partial charge in [-0.05, 0) is 98.4 Å². The molecule has 25 nitrogen and oxygen atoms in total. The van der Waals surface area contributed by atoms with Crippen molar-refractivity contribution >= 4 is 71.0 Å². The number of carbonyl (C=O) groups excluding carboxylic acids is 11. The minimum atomic E-state index is -1.12. The molecular weight excluding hydrogens is 1220 g/mol. The highest BCUT2D eigenvalue weighted by atomic mass is 19.1. The number of halogens is 2. The van der Waals surface area contributed by atoms with E-state index in [4.69, 9.17) is 19.9 Å². The van der Waals surface area contributed by atoms with Gasteiger partial charge in [-0.1, -0.05) is 93.4 Å². The van der Waals surface area contributed by atoms with Gasteiger partial charge in [-0.3, -0.25) is 53.0 Å². The van der Waals surface area contributed by atoms with Crippen molar-refractivity contribution in [3.63, 3.8) is 0 Å². The van der Waals surface area contributed by atoms with E-state index in [0.717, 1.165) is 21.9 Å². The van der Waals surface area contributed by atoms with Crippen LogP contribution in [0.5, 0.6) is 0 Å². The second-order valence-corrected chi connectivity index (χ2v) is 25.4. The van der Waals surface area contributed by atoms with Crippen LogP contribution >= 0.6 is 0 Å². The van der Waals surface area contributed by atoms with Gasteiger partial charge in [0.1, 0.15) is 42.4 Å². The molecule has 27 heteroatoms. The van der Waals surface area contributed by atoms with E-state index >= 15 is 0 Å². The largest absolute Gasteiger partial charge is 0.445 e. The number of nitrogens with zero attached hydrogens (tertiary/aromatic N) is 4. The van der Waals surface area contributed by atoms with E-state index < -0.39 is 125 Å². The molecule has 0 radical (unpaired) electrons. The summed E-state index contributed by atoms with van der Waals surface area (Å²) in [7, 11) is 5.97. The number of likely N-dealkylation sites (tertiary alicyclic amines) is 1. The lowest BCUT2D eigenvalue weighted by Gasteiger charge is -2.41. The number of hydrogen-bond donors (Lipinski definition) is 7. The number of amides is 12. The average Bonchev–Trinajstić information content (AvgIpc) is 1.41. The molecule has 12 amide bonds. The van der Waals surface area contributed by atoms with Crippen molar-refractivity contribution in [2.45, 2.75) is 188 Å². The highest BCUT2D eigenvalue weighted by Gasteiger charge is 2.44. The summed E-state index contributed by atoms with van der Waals surface area (Å²) in [6, 6.07) is 3.71. The number of anilines is 1. The van der Waals surface area contributed by atoms with Gasteiger partial charge in [-0.25, -0.2) is 18.4 Å². The fraction of sp³-hybridized carbons (Fsp3) is 0.627. The van der Waals surface area contributed by atoms with Crippen molar-refractivity contribution in [2.24, 2.45) is 35.3 Å². The third kappa shape index (κ3) is 22.9. The molecule has 0 aromatic heterocycles. The Kier molecular flexibility index (Phi) is 32.0. The molecule has 0 saturated carbocycles. The zero-order valence-corrected chi connectivity index (χ0v) is 56.9. The number of likely N-dealkylation sites (N-methyl/N-ethyl adjacent to an activating group) is 2. The minimum Gasteiger partial charge on any atom is -0.445 e. The number of benzene rings is 2. The number of urea groups is 1. The Bertz CT molecular complexity index is 2910. The number of rotatable bonds is 38. The van der Waals surface area contributed by atoms with E-state index in [9.17, 15) is 61.5 Å². The van der Waals surface area contributed by atoms with Gasteiger partial charge in [0.2, 0.25) is 41.4 Å². The van der Waals surface area contributed by atoms with Gasteiger partial charge in [0.25, 0.3) is 11.8 Å². The zero-order valence-electron chi connectivity index (χ0n) is 56.9. The summed E-state index contributed by atoms with van der Waals surface area (Å²) in [5, 5.41) is 16.4. The Morgan fingerprint density at radius 3 is 1.93 bits per heavy atom. The molecule has 2 aliphatic rings. The molecule has 2 aliphatic heterocycles. The molecule has 0 aliphatic carbocycles. The van der Waals surface area contributed by atoms with Crippen LogP contribution in [0.15, 0.2) is 54.6 Å². The van der Waals surface area contributed by atoms with Crippen LogP contribution in [0.1, 0.15) is 138 Å². The summed E-state index contributed by atoms with van der Waals surface area (Å²) in [6.45, 7) is 16.6. The lowest BCUT2D eigenvalue weighted by molar-refractivity contribution is -0.148. The number of carbonyl (C=O) groups is 11. The first kappa shape index (κ1) is 78.4. The van der Waals surface area contributed by atoms with Crippen molar-refractivity contribution in [1.29, 1.82) is 0 Å². The van der Waals surface area contributed by atoms with Gasteiger partial charge >= 0.3 is 12.1 Å². The van der Waals surface area contributed by atoms with Crippen LogP contribution in [-0.2, 0) is 70.4 Å². The molecule has 522 valence electrons. The average molecular weight is 1320 g/mol. The van der Waals surface area contributed by atoms with E-state index in [1.165, 1.54) is 44.4 Å². The van der Waals surface area contributed by atoms with E-state index in [2.05, 4.69) is 31.9 Å². The van der Waals surface area contributed by atoms with E-state index in [1.54, 1.807) is 84.7 Å². The van der Waals surface area contributed by atoms with Gasteiger partial charge in [-0.2, -0.15) is 0 Å². The smallest absolute Gasteiger partial charge is 0.410 e. The first-order valence-electron chi connectivity index (χ1n) is 32.6. The number of methoxy groups -OCH3 is 2. The third-order valence-corrected chi connectivity index (χ3v) is 17.5. The van der Waals surface area contributed by atoms with Crippen molar-refractivity contribution in [1.82, 2.24) is 46.2 Å². The summed E-state index contributed by atoms with van der Waals surface area (Å²) in [5.41, 5.74) is 5.95. The highest BCUT2D eigenvalue weighted by molar-refractivity contribution is 6.12. The van der Waals surface area contributed by atoms with Gasteiger partial charge in [0, 0.05) is 84.3 Å². The van der Waals surface area contributed by atoms with E-state index in [-0.39, 0.29) is 93.5 Å². The maximum atomic E-state index is 14.8. The molecule has 2 aromatic carbocycles. The van der Waals surface area contributed by atoms with Crippen LogP contribution in [0.4, 0.5) is 24.1 Å². The maximum absolute atomic E-state index is 14.8. The minimum absolute atomic E-state index is 0.0194. The zero-order chi connectivity index (χ0) is 70.1. The standard InChI is InChI=1S/C67H101F2N11O14/c1-14-42(8)59(51(92-12)37-55(84)79-36-20-24-50(79)60(93-13)43(9)61(85)71-34-32-46-47(68)21-18-22-48(46)69)77(10)65(89)57(40(4)5)76-64(88)58(41(6)7)78(11)67(91)94-38-44-26-28-45(29-27-44)73-62(86)49(23-19-33-72-66(70)90)74-63(87)56(39(2)3)75-52(81)25-16-15-17-35-80-53(82)30-31-54(80)83/h18,21-22,26-31,39-43,49-51,56-60H,14-17,19-20,23-25,32-38H2,1-13H3,(H,71,85)(H,73,86)(H,74,87)(H,75,81)(H,76,88)(H3,70,72,90)/t42-,43+,49-,50-,51+,56-,57-,58-,59-,60+/m0/s1. The Morgan fingerprint density at radius 2 is 1.35 bits per heavy atom. The second-order valence-electron chi connectivity index (χ2n) is 25.4.